The molecule has 0 saturated carbocycles. The molecule has 0 unspecified atom stereocenters. The highest BCUT2D eigenvalue weighted by atomic mass is 16.7. The number of hydrogen-bond acceptors (Lipinski definition) is 11. The van der Waals surface area contributed by atoms with E-state index in [0.29, 0.717) is 12.0 Å². The number of carbonyl (C=O) groups excluding carboxylic acids is 4. The zero-order chi connectivity index (χ0) is 28.3. The first kappa shape index (κ1) is 31.7. The SMILES string of the molecule is CCC(C)(C)C(=O)O[C@@H](C)COC(=O)[C@@H](N)Cc1ccc(OC(=O)OC(C)C)c(OC(=O)OC(C)C)c1. The van der Waals surface area contributed by atoms with Crippen LogP contribution in [0.25, 0.3) is 0 Å². The van der Waals surface area contributed by atoms with Crippen molar-refractivity contribution in [1.82, 2.24) is 0 Å². The number of rotatable bonds is 12. The Morgan fingerprint density at radius 2 is 1.41 bits per heavy atom. The third kappa shape index (κ3) is 11.5. The third-order valence-corrected chi connectivity index (χ3v) is 5.02. The molecule has 0 saturated heterocycles. The number of nitrogens with two attached hydrogens (primary N) is 1. The minimum absolute atomic E-state index is 0.0160. The molecule has 1 aromatic rings. The highest BCUT2D eigenvalue weighted by Crippen LogP contribution is 2.30. The van der Waals surface area contributed by atoms with Gasteiger partial charge in [0.05, 0.1) is 17.6 Å². The lowest BCUT2D eigenvalue weighted by Crippen LogP contribution is -2.37. The van der Waals surface area contributed by atoms with Crippen LogP contribution in [0.1, 0.15) is 67.4 Å². The first-order chi connectivity index (χ1) is 17.1. The fourth-order valence-electron chi connectivity index (χ4n) is 2.62. The lowest BCUT2D eigenvalue weighted by atomic mass is 9.91. The smallest absolute Gasteiger partial charge is 0.461 e. The average molecular weight is 526 g/mol. The molecule has 0 heterocycles. The van der Waals surface area contributed by atoms with E-state index in [2.05, 4.69) is 0 Å². The van der Waals surface area contributed by atoms with E-state index < -0.39 is 48.0 Å². The van der Waals surface area contributed by atoms with Gasteiger partial charge in [-0.05, 0) is 79.0 Å². The molecule has 0 aliphatic heterocycles. The van der Waals surface area contributed by atoms with Crippen LogP contribution in [0.15, 0.2) is 18.2 Å². The number of carbonyl (C=O) groups is 4. The highest BCUT2D eigenvalue weighted by molar-refractivity contribution is 5.77. The summed E-state index contributed by atoms with van der Waals surface area (Å²) in [6.45, 7) is 13.5. The normalized spacial score (nSPS) is 12.9. The van der Waals surface area contributed by atoms with Crippen LogP contribution in [-0.4, -0.2) is 55.2 Å². The van der Waals surface area contributed by atoms with E-state index in [-0.39, 0.29) is 30.5 Å². The molecule has 0 radical (unpaired) electrons. The summed E-state index contributed by atoms with van der Waals surface area (Å²) in [7, 11) is 0. The molecule has 1 aromatic carbocycles. The third-order valence-electron chi connectivity index (χ3n) is 5.02. The van der Waals surface area contributed by atoms with Gasteiger partial charge < -0.3 is 34.2 Å². The largest absolute Gasteiger partial charge is 0.514 e. The molecule has 0 aromatic heterocycles. The second-order valence-electron chi connectivity index (χ2n) is 9.71. The lowest BCUT2D eigenvalue weighted by Gasteiger charge is -2.23. The van der Waals surface area contributed by atoms with Crippen molar-refractivity contribution >= 4 is 24.2 Å². The Morgan fingerprint density at radius 3 is 1.92 bits per heavy atom. The molecule has 0 spiro atoms. The van der Waals surface area contributed by atoms with Gasteiger partial charge in [0.15, 0.2) is 11.5 Å². The molecule has 0 aliphatic rings. The first-order valence-electron chi connectivity index (χ1n) is 12.2. The van der Waals surface area contributed by atoms with Crippen LogP contribution in [0.3, 0.4) is 0 Å². The summed E-state index contributed by atoms with van der Waals surface area (Å²) in [5.41, 5.74) is 5.85. The van der Waals surface area contributed by atoms with E-state index >= 15 is 0 Å². The van der Waals surface area contributed by atoms with E-state index in [0.717, 1.165) is 0 Å². The molecule has 37 heavy (non-hydrogen) atoms. The predicted octanol–water partition coefficient (Wildman–Crippen LogP) is 4.32. The Hall–Kier alpha value is -3.34. The minimum Gasteiger partial charge on any atom is -0.461 e. The molecule has 0 fully saturated rings. The van der Waals surface area contributed by atoms with Gasteiger partial charge in [-0.25, -0.2) is 9.59 Å². The molecule has 11 heteroatoms. The first-order valence-corrected chi connectivity index (χ1v) is 12.2. The molecule has 208 valence electrons. The van der Waals surface area contributed by atoms with E-state index in [4.69, 9.17) is 34.2 Å². The van der Waals surface area contributed by atoms with E-state index in [9.17, 15) is 19.2 Å². The van der Waals surface area contributed by atoms with Gasteiger partial charge in [0.1, 0.15) is 18.8 Å². The summed E-state index contributed by atoms with van der Waals surface area (Å²) in [6.07, 6.45) is -2.88. The lowest BCUT2D eigenvalue weighted by molar-refractivity contribution is -0.166. The molecule has 2 atom stereocenters. The van der Waals surface area contributed by atoms with Crippen molar-refractivity contribution in [2.24, 2.45) is 11.1 Å². The maximum atomic E-state index is 12.4. The van der Waals surface area contributed by atoms with E-state index in [1.165, 1.54) is 12.1 Å². The Labute approximate surface area is 217 Å². The van der Waals surface area contributed by atoms with Gasteiger partial charge in [-0.2, -0.15) is 0 Å². The van der Waals surface area contributed by atoms with Crippen LogP contribution in [0.4, 0.5) is 9.59 Å². The quantitative estimate of drug-likeness (QED) is 0.236. The van der Waals surface area contributed by atoms with Gasteiger partial charge in [-0.15, -0.1) is 0 Å². The van der Waals surface area contributed by atoms with Gasteiger partial charge in [-0.3, -0.25) is 9.59 Å². The molecule has 0 amide bonds. The number of benzene rings is 1. The van der Waals surface area contributed by atoms with Gasteiger partial charge in [0.25, 0.3) is 0 Å². The maximum absolute atomic E-state index is 12.4. The van der Waals surface area contributed by atoms with Crippen molar-refractivity contribution < 1.29 is 47.6 Å². The number of ether oxygens (including phenoxy) is 6. The summed E-state index contributed by atoms with van der Waals surface area (Å²) in [4.78, 5) is 48.5. The van der Waals surface area contributed by atoms with Crippen molar-refractivity contribution in [3.8, 4) is 11.5 Å². The van der Waals surface area contributed by atoms with Gasteiger partial charge in [0, 0.05) is 0 Å². The van der Waals surface area contributed by atoms with Crippen LogP contribution in [-0.2, 0) is 35.0 Å². The molecule has 1 rings (SSSR count). The van der Waals surface area contributed by atoms with Crippen molar-refractivity contribution in [2.75, 3.05) is 6.61 Å². The Kier molecular flexibility index (Phi) is 12.3. The zero-order valence-corrected chi connectivity index (χ0v) is 22.8. The van der Waals surface area contributed by atoms with Crippen molar-refractivity contribution in [3.05, 3.63) is 23.8 Å². The van der Waals surface area contributed by atoms with Crippen LogP contribution < -0.4 is 15.2 Å². The Bertz CT molecular complexity index is 941. The Balaban J connectivity index is 2.87. The zero-order valence-electron chi connectivity index (χ0n) is 22.8. The van der Waals surface area contributed by atoms with Crippen molar-refractivity contribution in [3.63, 3.8) is 0 Å². The topological polar surface area (TPSA) is 150 Å². The molecular formula is C26H39NO10. The van der Waals surface area contributed by atoms with Gasteiger partial charge in [0.2, 0.25) is 0 Å². The standard InChI is InChI=1S/C26H39NO10/c1-9-26(7,8)23(29)35-17(6)14-32-22(28)19(27)12-18-10-11-20(36-24(30)33-15(2)3)21(13-18)37-25(31)34-16(4)5/h10-11,13,15-17,19H,9,12,14,27H2,1-8H3/t17-,19-/m0/s1. The second-order valence-corrected chi connectivity index (χ2v) is 9.71. The summed E-state index contributed by atoms with van der Waals surface area (Å²) < 4.78 is 30.8. The monoisotopic (exact) mass is 525 g/mol. The average Bonchev–Trinajstić information content (AvgIpc) is 2.77. The summed E-state index contributed by atoms with van der Waals surface area (Å²) in [5, 5.41) is 0. The van der Waals surface area contributed by atoms with Gasteiger partial charge >= 0.3 is 24.2 Å². The second kappa shape index (κ2) is 14.4. The van der Waals surface area contributed by atoms with Crippen molar-refractivity contribution in [1.29, 1.82) is 0 Å². The fourth-order valence-corrected chi connectivity index (χ4v) is 2.62. The van der Waals surface area contributed by atoms with Crippen LogP contribution in [0.5, 0.6) is 11.5 Å². The molecule has 11 nitrogen and oxygen atoms in total. The van der Waals surface area contributed by atoms with Crippen LogP contribution >= 0.6 is 0 Å². The molecular weight excluding hydrogens is 486 g/mol. The minimum atomic E-state index is -1.07. The summed E-state index contributed by atoms with van der Waals surface area (Å²) >= 11 is 0. The van der Waals surface area contributed by atoms with Gasteiger partial charge in [-0.1, -0.05) is 13.0 Å². The van der Waals surface area contributed by atoms with E-state index in [1.54, 1.807) is 54.5 Å². The highest BCUT2D eigenvalue weighted by Gasteiger charge is 2.29. The molecule has 0 aliphatic carbocycles. The summed E-state index contributed by atoms with van der Waals surface area (Å²) in [5.74, 6) is -1.30. The Morgan fingerprint density at radius 1 is 0.865 bits per heavy atom. The predicted molar refractivity (Wildman–Crippen MR) is 133 cm³/mol. The fraction of sp³-hybridized carbons (Fsp3) is 0.615. The van der Waals surface area contributed by atoms with Crippen LogP contribution in [0, 0.1) is 5.41 Å². The maximum Gasteiger partial charge on any atom is 0.514 e. The number of esters is 2. The summed E-state index contributed by atoms with van der Waals surface area (Å²) in [6, 6.07) is 3.25. The molecule has 0 bridgehead atoms. The van der Waals surface area contributed by atoms with E-state index in [1.807, 2.05) is 6.92 Å². The van der Waals surface area contributed by atoms with Crippen LogP contribution in [0.2, 0.25) is 0 Å². The van der Waals surface area contributed by atoms with Crippen molar-refractivity contribution in [2.45, 2.75) is 92.6 Å². The number of hydrogen-bond donors (Lipinski definition) is 1. The molecule has 2 N–H and O–H groups in total.